The van der Waals surface area contributed by atoms with Crippen LogP contribution in [0.25, 0.3) is 17.4 Å². The lowest BCUT2D eigenvalue weighted by Crippen LogP contribution is -2.41. The standard InChI is InChI=1S/C25H25NO6S2/c1-29-20-11-15(10-17(22(20)30-2)24(28)31-3)19-7-6-16(32-19)12-21-23(27)26(25(33)34-21)18-9-13-4-5-14(18)8-13/h6-7,10-14,18H,4-5,8-9H2,1-3H3/b21-12-. The molecule has 1 aliphatic heterocycles. The molecule has 0 spiro atoms. The van der Waals surface area contributed by atoms with E-state index in [1.165, 1.54) is 52.4 Å². The molecule has 1 aromatic carbocycles. The SMILES string of the molecule is COC(=O)c1cc(-c2ccc(/C=C3\SC(=S)N(C4CC5CCC4C5)C3=O)o2)cc(OC)c1OC. The predicted molar refractivity (Wildman–Crippen MR) is 133 cm³/mol. The molecule has 1 amide bonds. The molecule has 0 N–H and O–H groups in total. The Bertz CT molecular complexity index is 1200. The second-order valence-corrected chi connectivity index (χ2v) is 10.4. The molecule has 3 fully saturated rings. The van der Waals surface area contributed by atoms with E-state index in [1.54, 1.807) is 30.3 Å². The Balaban J connectivity index is 1.42. The van der Waals surface area contributed by atoms with Crippen LogP contribution in [0.2, 0.25) is 0 Å². The highest BCUT2D eigenvalue weighted by molar-refractivity contribution is 8.26. The van der Waals surface area contributed by atoms with Crippen LogP contribution >= 0.6 is 24.0 Å². The van der Waals surface area contributed by atoms with E-state index in [-0.39, 0.29) is 23.3 Å². The van der Waals surface area contributed by atoms with Crippen molar-refractivity contribution in [3.05, 3.63) is 40.5 Å². The molecular weight excluding hydrogens is 474 g/mol. The number of esters is 1. The fraction of sp³-hybridized carbons (Fsp3) is 0.400. The highest BCUT2D eigenvalue weighted by Gasteiger charge is 2.48. The van der Waals surface area contributed by atoms with Gasteiger partial charge in [-0.15, -0.1) is 0 Å². The maximum Gasteiger partial charge on any atom is 0.341 e. The van der Waals surface area contributed by atoms with E-state index in [1.807, 2.05) is 4.90 Å². The van der Waals surface area contributed by atoms with E-state index in [2.05, 4.69) is 0 Å². The van der Waals surface area contributed by atoms with Crippen LogP contribution < -0.4 is 9.47 Å². The third-order valence-electron chi connectivity index (χ3n) is 6.92. The summed E-state index contributed by atoms with van der Waals surface area (Å²) in [7, 11) is 4.26. The summed E-state index contributed by atoms with van der Waals surface area (Å²) in [5.74, 6) is 2.42. The number of rotatable bonds is 6. The molecular formula is C25H25NO6S2. The molecule has 1 saturated heterocycles. The van der Waals surface area contributed by atoms with E-state index in [0.29, 0.717) is 38.0 Å². The molecule has 2 heterocycles. The number of thiocarbonyl (C=S) groups is 1. The van der Waals surface area contributed by atoms with Crippen molar-refractivity contribution < 1.29 is 28.2 Å². The summed E-state index contributed by atoms with van der Waals surface area (Å²) in [6.45, 7) is 0. The lowest BCUT2D eigenvalue weighted by molar-refractivity contribution is -0.124. The van der Waals surface area contributed by atoms with E-state index in [4.69, 9.17) is 30.8 Å². The maximum absolute atomic E-state index is 13.2. The van der Waals surface area contributed by atoms with Gasteiger partial charge in [0.1, 0.15) is 21.4 Å². The number of thioether (sulfide) groups is 1. The van der Waals surface area contributed by atoms with E-state index in [0.717, 1.165) is 12.3 Å². The number of benzene rings is 1. The van der Waals surface area contributed by atoms with Crippen LogP contribution in [-0.4, -0.2) is 48.5 Å². The third-order valence-corrected chi connectivity index (χ3v) is 8.26. The molecule has 9 heteroatoms. The van der Waals surface area contributed by atoms with Gasteiger partial charge in [-0.25, -0.2) is 4.79 Å². The van der Waals surface area contributed by atoms with Gasteiger partial charge in [-0.1, -0.05) is 30.4 Å². The summed E-state index contributed by atoms with van der Waals surface area (Å²) in [6.07, 6.45) is 6.46. The molecule has 34 heavy (non-hydrogen) atoms. The molecule has 2 bridgehead atoms. The first-order chi connectivity index (χ1) is 16.4. The Labute approximate surface area is 207 Å². The van der Waals surface area contributed by atoms with Crippen LogP contribution in [0, 0.1) is 11.8 Å². The number of hydrogen-bond donors (Lipinski definition) is 0. The van der Waals surface area contributed by atoms with Gasteiger partial charge >= 0.3 is 5.97 Å². The number of fused-ring (bicyclic) bond motifs is 2. The minimum Gasteiger partial charge on any atom is -0.493 e. The first-order valence-electron chi connectivity index (χ1n) is 11.1. The zero-order valence-corrected chi connectivity index (χ0v) is 20.8. The number of carbonyl (C=O) groups is 2. The van der Waals surface area contributed by atoms with Crippen molar-refractivity contribution in [2.24, 2.45) is 11.8 Å². The topological polar surface area (TPSA) is 78.2 Å². The van der Waals surface area contributed by atoms with Crippen LogP contribution in [0.1, 0.15) is 41.8 Å². The predicted octanol–water partition coefficient (Wildman–Crippen LogP) is 5.14. The number of nitrogens with zero attached hydrogens (tertiary/aromatic N) is 1. The first-order valence-corrected chi connectivity index (χ1v) is 12.4. The normalized spacial score (nSPS) is 24.9. The average molecular weight is 500 g/mol. The van der Waals surface area contributed by atoms with Crippen LogP contribution in [0.3, 0.4) is 0 Å². The first kappa shape index (κ1) is 23.0. The fourth-order valence-electron chi connectivity index (χ4n) is 5.38. The van der Waals surface area contributed by atoms with Crippen molar-refractivity contribution in [2.75, 3.05) is 21.3 Å². The molecule has 3 unspecified atom stereocenters. The van der Waals surface area contributed by atoms with Gasteiger partial charge in [0.15, 0.2) is 11.5 Å². The lowest BCUT2D eigenvalue weighted by atomic mass is 9.94. The summed E-state index contributed by atoms with van der Waals surface area (Å²) in [5, 5.41) is 0. The Morgan fingerprint density at radius 2 is 2.00 bits per heavy atom. The molecule has 3 atom stereocenters. The monoisotopic (exact) mass is 499 g/mol. The van der Waals surface area contributed by atoms with Gasteiger partial charge in [0.05, 0.1) is 26.2 Å². The third kappa shape index (κ3) is 3.90. The van der Waals surface area contributed by atoms with Crippen molar-refractivity contribution in [3.63, 3.8) is 0 Å². The molecule has 0 radical (unpaired) electrons. The molecule has 1 aromatic heterocycles. The van der Waals surface area contributed by atoms with Gasteiger partial charge in [-0.3, -0.25) is 9.69 Å². The summed E-state index contributed by atoms with van der Waals surface area (Å²) in [5.41, 5.74) is 0.844. The van der Waals surface area contributed by atoms with Gasteiger partial charge in [0.25, 0.3) is 5.91 Å². The Morgan fingerprint density at radius 1 is 1.18 bits per heavy atom. The van der Waals surface area contributed by atoms with Crippen molar-refractivity contribution >= 4 is 46.3 Å². The minimum absolute atomic E-state index is 0.0374. The Hall–Kier alpha value is -2.78. The van der Waals surface area contributed by atoms with Crippen LogP contribution in [-0.2, 0) is 9.53 Å². The zero-order chi connectivity index (χ0) is 24.0. The van der Waals surface area contributed by atoms with Crippen molar-refractivity contribution in [1.82, 2.24) is 4.90 Å². The molecule has 3 aliphatic rings. The second-order valence-electron chi connectivity index (χ2n) is 8.75. The molecule has 2 saturated carbocycles. The second kappa shape index (κ2) is 9.11. The molecule has 178 valence electrons. The van der Waals surface area contributed by atoms with Gasteiger partial charge in [-0.05, 0) is 55.4 Å². The molecule has 5 rings (SSSR count). The number of methoxy groups -OCH3 is 3. The number of amides is 1. The van der Waals surface area contributed by atoms with Crippen molar-refractivity contribution in [2.45, 2.75) is 31.7 Å². The zero-order valence-electron chi connectivity index (χ0n) is 19.2. The molecule has 2 aromatic rings. The summed E-state index contributed by atoms with van der Waals surface area (Å²) in [4.78, 5) is 27.9. The minimum atomic E-state index is -0.548. The smallest absolute Gasteiger partial charge is 0.341 e. The highest BCUT2D eigenvalue weighted by Crippen LogP contribution is 2.49. The maximum atomic E-state index is 13.2. The van der Waals surface area contributed by atoms with E-state index >= 15 is 0 Å². The van der Waals surface area contributed by atoms with Crippen molar-refractivity contribution in [1.29, 1.82) is 0 Å². The van der Waals surface area contributed by atoms with Crippen LogP contribution in [0.15, 0.2) is 33.6 Å². The van der Waals surface area contributed by atoms with Crippen LogP contribution in [0.5, 0.6) is 11.5 Å². The number of furan rings is 1. The van der Waals surface area contributed by atoms with E-state index < -0.39 is 5.97 Å². The Morgan fingerprint density at radius 3 is 2.65 bits per heavy atom. The largest absolute Gasteiger partial charge is 0.493 e. The van der Waals surface area contributed by atoms with Gasteiger partial charge in [0, 0.05) is 17.7 Å². The fourth-order valence-corrected chi connectivity index (χ4v) is 6.73. The number of hydrogen-bond acceptors (Lipinski definition) is 8. The van der Waals surface area contributed by atoms with Crippen molar-refractivity contribution in [3.8, 4) is 22.8 Å². The summed E-state index contributed by atoms with van der Waals surface area (Å²) < 4.78 is 22.3. The molecule has 7 nitrogen and oxygen atoms in total. The number of carbonyl (C=O) groups excluding carboxylic acids is 2. The van der Waals surface area contributed by atoms with Gasteiger partial charge < -0.3 is 18.6 Å². The Kier molecular flexibility index (Phi) is 6.16. The average Bonchev–Trinajstić information content (AvgIpc) is 3.63. The number of ether oxygens (including phenoxy) is 3. The summed E-state index contributed by atoms with van der Waals surface area (Å²) in [6, 6.07) is 7.15. The van der Waals surface area contributed by atoms with Gasteiger partial charge in [-0.2, -0.15) is 0 Å². The summed E-state index contributed by atoms with van der Waals surface area (Å²) >= 11 is 6.90. The van der Waals surface area contributed by atoms with E-state index in [9.17, 15) is 9.59 Å². The highest BCUT2D eigenvalue weighted by atomic mass is 32.2. The quantitative estimate of drug-likeness (QED) is 0.307. The van der Waals surface area contributed by atoms with Gasteiger partial charge in [0.2, 0.25) is 0 Å². The van der Waals surface area contributed by atoms with Crippen LogP contribution in [0.4, 0.5) is 0 Å². The molecule has 2 aliphatic carbocycles. The lowest BCUT2D eigenvalue weighted by Gasteiger charge is -2.30.